The zero-order valence-electron chi connectivity index (χ0n) is 15.0. The summed E-state index contributed by atoms with van der Waals surface area (Å²) in [6.45, 7) is 1.25. The number of furan rings is 1. The van der Waals surface area contributed by atoms with Gasteiger partial charge in [0.1, 0.15) is 12.3 Å². The molecule has 1 saturated heterocycles. The highest BCUT2D eigenvalue weighted by Gasteiger charge is 2.51. The van der Waals surface area contributed by atoms with E-state index in [1.165, 1.54) is 11.8 Å². The molecule has 2 aromatic rings. The van der Waals surface area contributed by atoms with E-state index in [0.717, 1.165) is 29.7 Å². The van der Waals surface area contributed by atoms with Gasteiger partial charge in [0.2, 0.25) is 5.91 Å². The van der Waals surface area contributed by atoms with Gasteiger partial charge in [0.25, 0.3) is 5.91 Å². The first-order chi connectivity index (χ1) is 13.0. The molecular weight excluding hydrogens is 346 g/mol. The van der Waals surface area contributed by atoms with Crippen LogP contribution in [0.3, 0.4) is 0 Å². The molecule has 2 aliphatic rings. The van der Waals surface area contributed by atoms with E-state index in [0.29, 0.717) is 5.76 Å². The highest BCUT2D eigenvalue weighted by atomic mass is 16.3. The Morgan fingerprint density at radius 3 is 2.89 bits per heavy atom. The van der Waals surface area contributed by atoms with Crippen LogP contribution in [0.1, 0.15) is 42.7 Å². The third kappa shape index (κ3) is 2.99. The molecule has 2 N–H and O–H groups in total. The minimum Gasteiger partial charge on any atom is -0.466 e. The van der Waals surface area contributed by atoms with E-state index >= 15 is 0 Å². The fraction of sp³-hybridized carbons (Fsp3) is 0.350. The monoisotopic (exact) mass is 367 g/mol. The average Bonchev–Trinajstić information content (AvgIpc) is 3.27. The minimum absolute atomic E-state index is 0.0975. The molecule has 140 valence electrons. The van der Waals surface area contributed by atoms with Gasteiger partial charge in [-0.15, -0.1) is 0 Å². The molecule has 1 fully saturated rings. The fourth-order valence-corrected chi connectivity index (χ4v) is 3.86. The summed E-state index contributed by atoms with van der Waals surface area (Å²) in [5.74, 6) is -0.518. The number of hydrogen-bond donors (Lipinski definition) is 2. The van der Waals surface area contributed by atoms with E-state index in [9.17, 15) is 14.4 Å². The third-order valence-electron chi connectivity index (χ3n) is 5.30. The molecule has 0 bridgehead atoms. The summed E-state index contributed by atoms with van der Waals surface area (Å²) in [7, 11) is 0. The van der Waals surface area contributed by atoms with Gasteiger partial charge in [0.05, 0.1) is 12.3 Å². The van der Waals surface area contributed by atoms with Crippen molar-refractivity contribution in [3.63, 3.8) is 0 Å². The van der Waals surface area contributed by atoms with Crippen molar-refractivity contribution in [2.24, 2.45) is 0 Å². The first-order valence-electron chi connectivity index (χ1n) is 9.04. The molecule has 1 aromatic heterocycles. The Balaban J connectivity index is 1.46. The predicted octanol–water partition coefficient (Wildman–Crippen LogP) is 2.24. The number of nitrogens with one attached hydrogen (secondary N) is 2. The number of rotatable bonds is 4. The third-order valence-corrected chi connectivity index (χ3v) is 5.30. The van der Waals surface area contributed by atoms with Crippen LogP contribution in [-0.2, 0) is 21.5 Å². The summed E-state index contributed by atoms with van der Waals surface area (Å²) in [5, 5.41) is 5.59. The largest absolute Gasteiger partial charge is 0.466 e. The van der Waals surface area contributed by atoms with Gasteiger partial charge in [-0.05, 0) is 49.4 Å². The van der Waals surface area contributed by atoms with Crippen LogP contribution >= 0.6 is 0 Å². The molecule has 0 saturated carbocycles. The number of carbonyl (C=O) groups excluding carboxylic acids is 3. The van der Waals surface area contributed by atoms with Crippen molar-refractivity contribution in [1.82, 2.24) is 15.5 Å². The number of hydrogen-bond acceptors (Lipinski definition) is 4. The number of fused-ring (bicyclic) bond motifs is 1. The molecule has 0 radical (unpaired) electrons. The van der Waals surface area contributed by atoms with Gasteiger partial charge in [-0.3, -0.25) is 14.5 Å². The first-order valence-corrected chi connectivity index (χ1v) is 9.04. The lowest BCUT2D eigenvalue weighted by Crippen LogP contribution is -2.44. The summed E-state index contributed by atoms with van der Waals surface area (Å²) in [4.78, 5) is 38.6. The van der Waals surface area contributed by atoms with Crippen LogP contribution in [0.2, 0.25) is 0 Å². The zero-order chi connectivity index (χ0) is 19.0. The van der Waals surface area contributed by atoms with Crippen molar-refractivity contribution in [1.29, 1.82) is 0 Å². The molecule has 2 atom stereocenters. The molecule has 2 heterocycles. The van der Waals surface area contributed by atoms with Crippen LogP contribution in [0.4, 0.5) is 4.79 Å². The summed E-state index contributed by atoms with van der Waals surface area (Å²) in [6, 6.07) is 10.6. The molecule has 0 unspecified atom stereocenters. The molecular formula is C20H21N3O4. The molecule has 4 amide bonds. The maximum Gasteiger partial charge on any atom is 0.325 e. The Morgan fingerprint density at radius 1 is 1.30 bits per heavy atom. The standard InChI is InChI=1S/C20H21N3O4/c1-20(16-10-5-11-27-16)18(25)23(19(26)22-20)12-17(24)21-15-9-4-7-13-6-2-3-8-14(13)15/h2-3,5-6,8,10-11,15H,4,7,9,12H2,1H3,(H,21,24)(H,22,26)/t15-,20+/m1/s1. The van der Waals surface area contributed by atoms with Crippen LogP contribution in [0, 0.1) is 0 Å². The van der Waals surface area contributed by atoms with E-state index in [-0.39, 0.29) is 18.5 Å². The van der Waals surface area contributed by atoms with E-state index < -0.39 is 17.5 Å². The van der Waals surface area contributed by atoms with Gasteiger partial charge >= 0.3 is 6.03 Å². The SMILES string of the molecule is C[C@@]1(c2ccco2)NC(=O)N(CC(=O)N[C@@H]2CCCc3ccccc32)C1=O. The maximum absolute atomic E-state index is 12.8. The maximum atomic E-state index is 12.8. The van der Waals surface area contributed by atoms with Crippen molar-refractivity contribution in [3.8, 4) is 0 Å². The summed E-state index contributed by atoms with van der Waals surface area (Å²) < 4.78 is 5.29. The van der Waals surface area contributed by atoms with Crippen LogP contribution in [0.5, 0.6) is 0 Å². The Labute approximate surface area is 156 Å². The van der Waals surface area contributed by atoms with Crippen molar-refractivity contribution < 1.29 is 18.8 Å². The highest BCUT2D eigenvalue weighted by molar-refractivity contribution is 6.08. The quantitative estimate of drug-likeness (QED) is 0.811. The molecule has 1 aromatic carbocycles. The number of nitrogens with zero attached hydrogens (tertiary/aromatic N) is 1. The lowest BCUT2D eigenvalue weighted by molar-refractivity contribution is -0.135. The molecule has 1 aliphatic heterocycles. The van der Waals surface area contributed by atoms with Gasteiger partial charge in [-0.25, -0.2) is 4.79 Å². The van der Waals surface area contributed by atoms with Gasteiger partial charge in [0.15, 0.2) is 5.54 Å². The Morgan fingerprint density at radius 2 is 2.11 bits per heavy atom. The van der Waals surface area contributed by atoms with Crippen molar-refractivity contribution in [2.45, 2.75) is 37.8 Å². The summed E-state index contributed by atoms with van der Waals surface area (Å²) in [5.41, 5.74) is 1.04. The van der Waals surface area contributed by atoms with Crippen LogP contribution in [0.15, 0.2) is 47.1 Å². The topological polar surface area (TPSA) is 91.7 Å². The molecule has 4 rings (SSSR count). The summed E-state index contributed by atoms with van der Waals surface area (Å²) in [6.07, 6.45) is 4.27. The number of carbonyl (C=O) groups is 3. The fourth-order valence-electron chi connectivity index (χ4n) is 3.86. The first kappa shape index (κ1) is 17.3. The number of urea groups is 1. The van der Waals surface area contributed by atoms with E-state index in [1.807, 2.05) is 18.2 Å². The van der Waals surface area contributed by atoms with Gasteiger partial charge in [-0.1, -0.05) is 24.3 Å². The molecule has 1 aliphatic carbocycles. The minimum atomic E-state index is -1.29. The van der Waals surface area contributed by atoms with Crippen molar-refractivity contribution in [3.05, 3.63) is 59.5 Å². The summed E-state index contributed by atoms with van der Waals surface area (Å²) >= 11 is 0. The van der Waals surface area contributed by atoms with Gasteiger partial charge < -0.3 is 15.1 Å². The normalized spacial score (nSPS) is 24.5. The van der Waals surface area contributed by atoms with Crippen LogP contribution in [0.25, 0.3) is 0 Å². The molecule has 0 spiro atoms. The Bertz CT molecular complexity index is 892. The van der Waals surface area contributed by atoms with Crippen LogP contribution < -0.4 is 10.6 Å². The van der Waals surface area contributed by atoms with Crippen LogP contribution in [-0.4, -0.2) is 29.3 Å². The number of imide groups is 1. The van der Waals surface area contributed by atoms with E-state index in [1.54, 1.807) is 19.1 Å². The second-order valence-corrected chi connectivity index (χ2v) is 7.13. The molecule has 27 heavy (non-hydrogen) atoms. The molecule has 7 nitrogen and oxygen atoms in total. The molecule has 7 heteroatoms. The zero-order valence-corrected chi connectivity index (χ0v) is 15.0. The Kier molecular flexibility index (Phi) is 4.22. The number of aryl methyl sites for hydroxylation is 1. The Hall–Kier alpha value is -3.09. The predicted molar refractivity (Wildman–Crippen MR) is 96.6 cm³/mol. The second-order valence-electron chi connectivity index (χ2n) is 7.13. The smallest absolute Gasteiger partial charge is 0.325 e. The van der Waals surface area contributed by atoms with Crippen molar-refractivity contribution in [2.75, 3.05) is 6.54 Å². The number of benzene rings is 1. The second kappa shape index (κ2) is 6.57. The van der Waals surface area contributed by atoms with E-state index in [4.69, 9.17) is 4.42 Å². The number of amides is 4. The van der Waals surface area contributed by atoms with Gasteiger partial charge in [0, 0.05) is 0 Å². The lowest BCUT2D eigenvalue weighted by atomic mass is 9.88. The van der Waals surface area contributed by atoms with Gasteiger partial charge in [-0.2, -0.15) is 0 Å². The average molecular weight is 367 g/mol. The van der Waals surface area contributed by atoms with E-state index in [2.05, 4.69) is 16.7 Å². The highest BCUT2D eigenvalue weighted by Crippen LogP contribution is 2.30. The lowest BCUT2D eigenvalue weighted by Gasteiger charge is -2.27. The van der Waals surface area contributed by atoms with Crippen molar-refractivity contribution >= 4 is 17.8 Å².